The fraction of sp³-hybridized carbons (Fsp3) is 0.857. The van der Waals surface area contributed by atoms with Crippen molar-refractivity contribution in [2.24, 2.45) is 0 Å². The number of carbonyl (C=O) groups excluding carboxylic acids is 2. The van der Waals surface area contributed by atoms with Crippen molar-refractivity contribution >= 4 is 11.8 Å². The second kappa shape index (κ2) is 5.59. The molecule has 0 bridgehead atoms. The molecule has 1 unspecified atom stereocenters. The van der Waals surface area contributed by atoms with Crippen LogP contribution in [0, 0.1) is 0 Å². The van der Waals surface area contributed by atoms with Gasteiger partial charge in [-0.2, -0.15) is 5.06 Å². The summed E-state index contributed by atoms with van der Waals surface area (Å²) in [6.45, 7) is 9.57. The van der Waals surface area contributed by atoms with E-state index in [1.54, 1.807) is 5.06 Å². The van der Waals surface area contributed by atoms with Crippen LogP contribution in [0.5, 0.6) is 0 Å². The van der Waals surface area contributed by atoms with Gasteiger partial charge in [-0.15, -0.1) is 0 Å². The maximum atomic E-state index is 11.7. The summed E-state index contributed by atoms with van der Waals surface area (Å²) < 4.78 is 4.64. The summed E-state index contributed by atoms with van der Waals surface area (Å²) >= 11 is 0. The highest BCUT2D eigenvalue weighted by Crippen LogP contribution is 2.38. The Morgan fingerprint density at radius 2 is 1.58 bits per heavy atom. The highest BCUT2D eigenvalue weighted by molar-refractivity contribution is 6.00. The van der Waals surface area contributed by atoms with Crippen LogP contribution < -0.4 is 0 Å². The number of ketones is 1. The van der Waals surface area contributed by atoms with E-state index in [-0.39, 0.29) is 16.9 Å². The molecule has 1 fully saturated rings. The molecule has 110 valence electrons. The van der Waals surface area contributed by atoms with Gasteiger partial charge in [-0.25, -0.2) is 4.79 Å². The van der Waals surface area contributed by atoms with Crippen molar-refractivity contribution in [3.8, 4) is 0 Å². The van der Waals surface area contributed by atoms with Crippen LogP contribution in [-0.4, -0.2) is 41.1 Å². The number of hydroxylamine groups is 2. The van der Waals surface area contributed by atoms with Crippen LogP contribution in [0.2, 0.25) is 0 Å². The number of hydrogen-bond donors (Lipinski definition) is 0. The number of hydrogen-bond acceptors (Lipinski definition) is 5. The molecule has 19 heavy (non-hydrogen) atoms. The number of ether oxygens (including phenoxy) is 1. The minimum atomic E-state index is -1.18. The summed E-state index contributed by atoms with van der Waals surface area (Å²) in [5, 5.41) is 1.80. The molecule has 0 spiro atoms. The van der Waals surface area contributed by atoms with E-state index in [9.17, 15) is 9.59 Å². The van der Waals surface area contributed by atoms with Crippen LogP contribution >= 0.6 is 0 Å². The van der Waals surface area contributed by atoms with E-state index < -0.39 is 12.1 Å². The largest absolute Gasteiger partial charge is 0.467 e. The Morgan fingerprint density at radius 3 is 1.95 bits per heavy atom. The van der Waals surface area contributed by atoms with Gasteiger partial charge in [0.2, 0.25) is 6.10 Å². The summed E-state index contributed by atoms with van der Waals surface area (Å²) in [5.41, 5.74) is -0.438. The van der Waals surface area contributed by atoms with E-state index in [0.29, 0.717) is 0 Å². The molecule has 1 aliphatic rings. The van der Waals surface area contributed by atoms with Gasteiger partial charge < -0.3 is 4.74 Å². The Bertz CT molecular complexity index is 346. The lowest BCUT2D eigenvalue weighted by Gasteiger charge is -2.51. The average Bonchev–Trinajstić information content (AvgIpc) is 2.25. The van der Waals surface area contributed by atoms with Gasteiger partial charge in [-0.05, 0) is 53.9 Å². The molecule has 0 amide bonds. The first-order valence-corrected chi connectivity index (χ1v) is 6.67. The first kappa shape index (κ1) is 16.1. The molecule has 5 nitrogen and oxygen atoms in total. The van der Waals surface area contributed by atoms with Crippen LogP contribution in [0.4, 0.5) is 0 Å². The normalized spacial score (nSPS) is 23.7. The molecule has 1 heterocycles. The van der Waals surface area contributed by atoms with Crippen molar-refractivity contribution < 1.29 is 19.2 Å². The third-order valence-corrected chi connectivity index (χ3v) is 3.67. The van der Waals surface area contributed by atoms with E-state index in [0.717, 1.165) is 19.3 Å². The molecular formula is C14H25NO4. The lowest BCUT2D eigenvalue weighted by atomic mass is 9.82. The Kier molecular flexibility index (Phi) is 4.74. The molecule has 0 aromatic rings. The maximum absolute atomic E-state index is 11.7. The molecule has 0 aliphatic carbocycles. The zero-order valence-electron chi connectivity index (χ0n) is 12.8. The van der Waals surface area contributed by atoms with Gasteiger partial charge >= 0.3 is 5.97 Å². The third kappa shape index (κ3) is 3.54. The van der Waals surface area contributed by atoms with Crippen LogP contribution in [0.3, 0.4) is 0 Å². The quantitative estimate of drug-likeness (QED) is 0.579. The van der Waals surface area contributed by atoms with Crippen molar-refractivity contribution in [1.29, 1.82) is 0 Å². The number of esters is 1. The molecule has 0 radical (unpaired) electrons. The minimum Gasteiger partial charge on any atom is -0.467 e. The fourth-order valence-corrected chi connectivity index (χ4v) is 2.76. The van der Waals surface area contributed by atoms with Gasteiger partial charge in [0.1, 0.15) is 0 Å². The number of carbonyl (C=O) groups is 2. The summed E-state index contributed by atoms with van der Waals surface area (Å²) in [6, 6.07) is 0. The Balaban J connectivity index is 2.97. The molecule has 5 heteroatoms. The monoisotopic (exact) mass is 271 g/mol. The van der Waals surface area contributed by atoms with E-state index in [1.807, 2.05) is 0 Å². The van der Waals surface area contributed by atoms with Crippen molar-refractivity contribution in [2.45, 2.75) is 71.1 Å². The Morgan fingerprint density at radius 1 is 1.11 bits per heavy atom. The topological polar surface area (TPSA) is 55.8 Å². The SMILES string of the molecule is COC(=O)C(ON1C(C)(C)CCCC1(C)C)C(C)=O. The summed E-state index contributed by atoms with van der Waals surface area (Å²) in [5.74, 6) is -0.992. The average molecular weight is 271 g/mol. The van der Waals surface area contributed by atoms with Crippen LogP contribution in [-0.2, 0) is 19.2 Å². The lowest BCUT2D eigenvalue weighted by molar-refractivity contribution is -0.296. The molecule has 1 atom stereocenters. The summed E-state index contributed by atoms with van der Waals surface area (Å²) in [6.07, 6.45) is 1.84. The van der Waals surface area contributed by atoms with Crippen molar-refractivity contribution in [1.82, 2.24) is 5.06 Å². The van der Waals surface area contributed by atoms with Crippen LogP contribution in [0.1, 0.15) is 53.9 Å². The predicted octanol–water partition coefficient (Wildman–Crippen LogP) is 2.09. The summed E-state index contributed by atoms with van der Waals surface area (Å²) in [7, 11) is 1.26. The van der Waals surface area contributed by atoms with Gasteiger partial charge in [0.25, 0.3) is 0 Å². The molecule has 1 rings (SSSR count). The van der Waals surface area contributed by atoms with Crippen LogP contribution in [0.15, 0.2) is 0 Å². The molecule has 0 aromatic heterocycles. The van der Waals surface area contributed by atoms with E-state index >= 15 is 0 Å². The first-order valence-electron chi connectivity index (χ1n) is 6.67. The lowest BCUT2D eigenvalue weighted by Crippen LogP contribution is -2.60. The molecule has 1 aliphatic heterocycles. The first-order chi connectivity index (χ1) is 8.62. The maximum Gasteiger partial charge on any atom is 0.344 e. The number of Topliss-reactive ketones (excluding diaryl/α,β-unsaturated/α-hetero) is 1. The smallest absolute Gasteiger partial charge is 0.344 e. The van der Waals surface area contributed by atoms with Gasteiger partial charge in [-0.1, -0.05) is 0 Å². The Labute approximate surface area is 115 Å². The van der Waals surface area contributed by atoms with Gasteiger partial charge in [0.05, 0.1) is 7.11 Å². The minimum absolute atomic E-state index is 0.219. The molecule has 0 aromatic carbocycles. The van der Waals surface area contributed by atoms with Gasteiger partial charge in [0, 0.05) is 11.1 Å². The van der Waals surface area contributed by atoms with E-state index in [2.05, 4.69) is 32.4 Å². The number of rotatable bonds is 4. The second-order valence-electron chi connectivity index (χ2n) is 6.39. The standard InChI is InChI=1S/C14H25NO4/c1-10(16)11(12(17)18-6)19-15-13(2,3)8-7-9-14(15,4)5/h11H,7-9H2,1-6H3. The van der Waals surface area contributed by atoms with Gasteiger partial charge in [-0.3, -0.25) is 9.63 Å². The van der Waals surface area contributed by atoms with Crippen molar-refractivity contribution in [3.63, 3.8) is 0 Å². The molecular weight excluding hydrogens is 246 g/mol. The number of nitrogens with zero attached hydrogens (tertiary/aromatic N) is 1. The zero-order chi connectivity index (χ0) is 14.8. The Hall–Kier alpha value is -0.940. The highest BCUT2D eigenvalue weighted by Gasteiger charge is 2.45. The van der Waals surface area contributed by atoms with Gasteiger partial charge in [0.15, 0.2) is 5.78 Å². The molecule has 1 saturated heterocycles. The fourth-order valence-electron chi connectivity index (χ4n) is 2.76. The zero-order valence-corrected chi connectivity index (χ0v) is 12.8. The van der Waals surface area contributed by atoms with E-state index in [4.69, 9.17) is 4.84 Å². The third-order valence-electron chi connectivity index (χ3n) is 3.67. The summed E-state index contributed by atoms with van der Waals surface area (Å²) in [4.78, 5) is 29.0. The molecule has 0 N–H and O–H groups in total. The number of methoxy groups -OCH3 is 1. The molecule has 0 saturated carbocycles. The second-order valence-corrected chi connectivity index (χ2v) is 6.39. The van der Waals surface area contributed by atoms with Crippen LogP contribution in [0.25, 0.3) is 0 Å². The van der Waals surface area contributed by atoms with Crippen molar-refractivity contribution in [2.75, 3.05) is 7.11 Å². The highest BCUT2D eigenvalue weighted by atomic mass is 16.7. The number of piperidine rings is 1. The van der Waals surface area contributed by atoms with Crippen molar-refractivity contribution in [3.05, 3.63) is 0 Å². The van der Waals surface area contributed by atoms with E-state index in [1.165, 1.54) is 14.0 Å². The predicted molar refractivity (Wildman–Crippen MR) is 71.4 cm³/mol.